The van der Waals surface area contributed by atoms with Gasteiger partial charge in [0.2, 0.25) is 0 Å². The predicted molar refractivity (Wildman–Crippen MR) is 103 cm³/mol. The first kappa shape index (κ1) is 21.0. The largest absolute Gasteiger partial charge is 0.444 e. The Labute approximate surface area is 160 Å². The first-order valence-corrected chi connectivity index (χ1v) is 9.03. The van der Waals surface area contributed by atoms with Crippen LogP contribution in [-0.4, -0.2) is 53.1 Å². The minimum absolute atomic E-state index is 0.0176. The van der Waals surface area contributed by atoms with Gasteiger partial charge in [-0.05, 0) is 47.6 Å². The minimum atomic E-state index is -0.982. The Morgan fingerprint density at radius 1 is 1.07 bits per heavy atom. The molecule has 0 unspecified atom stereocenters. The molecule has 1 heterocycles. The van der Waals surface area contributed by atoms with Gasteiger partial charge in [0.15, 0.2) is 0 Å². The molecule has 0 fully saturated rings. The summed E-state index contributed by atoms with van der Waals surface area (Å²) in [5, 5.41) is 10.8. The molecule has 1 aromatic carbocycles. The lowest BCUT2D eigenvalue weighted by atomic mass is 9.93. The van der Waals surface area contributed by atoms with Crippen LogP contribution in [0.2, 0.25) is 0 Å². The number of ether oxygens (including phenoxy) is 2. The van der Waals surface area contributed by atoms with E-state index < -0.39 is 35.5 Å². The van der Waals surface area contributed by atoms with E-state index in [4.69, 9.17) is 9.47 Å². The standard InChI is InChI=1S/C20H30N2O5/c1-19(2,3)26-17(24)21(7)16-13-10-8-9-11-14(13)22(12-15(16)23)18(25)27-20(4,5)6/h8-11,15-16,23H,12H2,1-7H3/t15-,16-/m1/s1. The summed E-state index contributed by atoms with van der Waals surface area (Å²) in [7, 11) is 1.59. The monoisotopic (exact) mass is 378 g/mol. The van der Waals surface area contributed by atoms with Gasteiger partial charge in [-0.15, -0.1) is 0 Å². The maximum atomic E-state index is 12.6. The fourth-order valence-electron chi connectivity index (χ4n) is 2.98. The van der Waals surface area contributed by atoms with Crippen LogP contribution in [0.15, 0.2) is 24.3 Å². The molecule has 2 rings (SSSR count). The van der Waals surface area contributed by atoms with Gasteiger partial charge in [0, 0.05) is 12.6 Å². The Morgan fingerprint density at radius 2 is 1.63 bits per heavy atom. The third-order valence-corrected chi connectivity index (χ3v) is 3.99. The van der Waals surface area contributed by atoms with Crippen molar-refractivity contribution in [3.05, 3.63) is 29.8 Å². The van der Waals surface area contributed by atoms with Gasteiger partial charge in [0.1, 0.15) is 11.2 Å². The van der Waals surface area contributed by atoms with E-state index in [9.17, 15) is 14.7 Å². The van der Waals surface area contributed by atoms with Crippen molar-refractivity contribution in [2.45, 2.75) is 64.9 Å². The Balaban J connectivity index is 2.35. The van der Waals surface area contributed by atoms with Crippen LogP contribution in [-0.2, 0) is 9.47 Å². The summed E-state index contributed by atoms with van der Waals surface area (Å²) in [4.78, 5) is 27.9. The maximum Gasteiger partial charge on any atom is 0.414 e. The van der Waals surface area contributed by atoms with Crippen LogP contribution in [0, 0.1) is 0 Å². The molecule has 7 heteroatoms. The number of hydrogen-bond acceptors (Lipinski definition) is 5. The highest BCUT2D eigenvalue weighted by Crippen LogP contribution is 2.38. The van der Waals surface area contributed by atoms with Crippen LogP contribution in [0.25, 0.3) is 0 Å². The summed E-state index contributed by atoms with van der Waals surface area (Å²) in [6.45, 7) is 10.7. The van der Waals surface area contributed by atoms with Gasteiger partial charge in [-0.2, -0.15) is 0 Å². The van der Waals surface area contributed by atoms with Crippen molar-refractivity contribution in [3.63, 3.8) is 0 Å². The second-order valence-electron chi connectivity index (χ2n) is 8.75. The number of fused-ring (bicyclic) bond motifs is 1. The van der Waals surface area contributed by atoms with Crippen LogP contribution in [0.4, 0.5) is 15.3 Å². The second-order valence-corrected chi connectivity index (χ2v) is 8.75. The van der Waals surface area contributed by atoms with Crippen molar-refractivity contribution >= 4 is 17.9 Å². The van der Waals surface area contributed by atoms with E-state index in [2.05, 4.69) is 0 Å². The van der Waals surface area contributed by atoms with E-state index in [-0.39, 0.29) is 6.54 Å². The van der Waals surface area contributed by atoms with Crippen molar-refractivity contribution in [2.75, 3.05) is 18.5 Å². The predicted octanol–water partition coefficient (Wildman–Crippen LogP) is 3.71. The molecule has 0 saturated heterocycles. The highest BCUT2D eigenvalue weighted by atomic mass is 16.6. The highest BCUT2D eigenvalue weighted by molar-refractivity contribution is 5.90. The number of carbonyl (C=O) groups excluding carboxylic acids is 2. The van der Waals surface area contributed by atoms with Crippen LogP contribution in [0.5, 0.6) is 0 Å². The lowest BCUT2D eigenvalue weighted by Gasteiger charge is -2.41. The zero-order valence-corrected chi connectivity index (χ0v) is 17.1. The van der Waals surface area contributed by atoms with Gasteiger partial charge in [-0.1, -0.05) is 18.2 Å². The van der Waals surface area contributed by atoms with E-state index in [1.54, 1.807) is 72.9 Å². The number of rotatable bonds is 1. The number of aliphatic hydroxyl groups excluding tert-OH is 1. The highest BCUT2D eigenvalue weighted by Gasteiger charge is 2.40. The topological polar surface area (TPSA) is 79.3 Å². The average Bonchev–Trinajstić information content (AvgIpc) is 2.50. The summed E-state index contributed by atoms with van der Waals surface area (Å²) >= 11 is 0. The van der Waals surface area contributed by atoms with Crippen molar-refractivity contribution in [1.82, 2.24) is 4.90 Å². The third-order valence-electron chi connectivity index (χ3n) is 3.99. The van der Waals surface area contributed by atoms with E-state index in [1.807, 2.05) is 0 Å². The van der Waals surface area contributed by atoms with Gasteiger partial charge in [0.25, 0.3) is 0 Å². The Bertz CT molecular complexity index is 705. The van der Waals surface area contributed by atoms with Gasteiger partial charge in [0.05, 0.1) is 24.4 Å². The van der Waals surface area contributed by atoms with Crippen molar-refractivity contribution < 1.29 is 24.2 Å². The molecule has 0 spiro atoms. The SMILES string of the molecule is CN(C(=O)OC(C)(C)C)[C@@H]1c2ccccc2N(C(=O)OC(C)(C)C)C[C@H]1O. The van der Waals surface area contributed by atoms with E-state index in [0.29, 0.717) is 11.3 Å². The van der Waals surface area contributed by atoms with E-state index in [0.717, 1.165) is 0 Å². The third kappa shape index (κ3) is 5.13. The summed E-state index contributed by atoms with van der Waals surface area (Å²) in [5.74, 6) is 0. The number of likely N-dealkylation sites (N-methyl/N-ethyl adjacent to an activating group) is 1. The summed E-state index contributed by atoms with van der Waals surface area (Å²) < 4.78 is 10.9. The Hall–Kier alpha value is -2.28. The quantitative estimate of drug-likeness (QED) is 0.806. The van der Waals surface area contributed by atoms with Crippen molar-refractivity contribution in [2.24, 2.45) is 0 Å². The molecule has 1 N–H and O–H groups in total. The Kier molecular flexibility index (Phi) is 5.75. The number of anilines is 1. The van der Waals surface area contributed by atoms with E-state index in [1.165, 1.54) is 9.80 Å². The number of para-hydroxylation sites is 1. The van der Waals surface area contributed by atoms with Gasteiger partial charge >= 0.3 is 12.2 Å². The lowest BCUT2D eigenvalue weighted by Crippen LogP contribution is -2.51. The zero-order chi connectivity index (χ0) is 20.6. The summed E-state index contributed by atoms with van der Waals surface area (Å²) in [5.41, 5.74) is -0.0262. The van der Waals surface area contributed by atoms with Crippen LogP contribution < -0.4 is 4.90 Å². The van der Waals surface area contributed by atoms with Crippen LogP contribution in [0.1, 0.15) is 53.1 Å². The second kappa shape index (κ2) is 7.38. The number of hydrogen-bond donors (Lipinski definition) is 1. The molecular formula is C20H30N2O5. The molecule has 0 saturated carbocycles. The van der Waals surface area contributed by atoms with Gasteiger partial charge < -0.3 is 19.5 Å². The molecule has 150 valence electrons. The molecule has 0 aliphatic carbocycles. The Morgan fingerprint density at radius 3 is 2.19 bits per heavy atom. The van der Waals surface area contributed by atoms with Crippen LogP contribution >= 0.6 is 0 Å². The number of nitrogens with zero attached hydrogens (tertiary/aromatic N) is 2. The van der Waals surface area contributed by atoms with Crippen LogP contribution in [0.3, 0.4) is 0 Å². The molecule has 2 atom stereocenters. The molecule has 0 bridgehead atoms. The first-order valence-electron chi connectivity index (χ1n) is 9.03. The average molecular weight is 378 g/mol. The van der Waals surface area contributed by atoms with Gasteiger partial charge in [-0.3, -0.25) is 4.90 Å². The summed E-state index contributed by atoms with van der Waals surface area (Å²) in [6.07, 6.45) is -2.05. The molecule has 1 aliphatic rings. The fourth-order valence-corrected chi connectivity index (χ4v) is 2.98. The number of aliphatic hydroxyl groups is 1. The zero-order valence-electron chi connectivity index (χ0n) is 17.1. The van der Waals surface area contributed by atoms with E-state index >= 15 is 0 Å². The molecular weight excluding hydrogens is 348 g/mol. The molecule has 0 radical (unpaired) electrons. The molecule has 2 amide bonds. The number of β-amino-alcohol motifs (C(OH)–C–C–N with tert-alkyl or cyclic N) is 1. The fraction of sp³-hybridized carbons (Fsp3) is 0.600. The van der Waals surface area contributed by atoms with Crippen molar-refractivity contribution in [3.8, 4) is 0 Å². The summed E-state index contributed by atoms with van der Waals surface area (Å²) in [6, 6.07) is 6.55. The maximum absolute atomic E-state index is 12.6. The molecule has 27 heavy (non-hydrogen) atoms. The minimum Gasteiger partial charge on any atom is -0.444 e. The number of amides is 2. The lowest BCUT2D eigenvalue weighted by molar-refractivity contribution is 0.000401. The number of carbonyl (C=O) groups is 2. The molecule has 1 aromatic rings. The molecule has 7 nitrogen and oxygen atoms in total. The smallest absolute Gasteiger partial charge is 0.414 e. The number of benzene rings is 1. The normalized spacial score (nSPS) is 19.9. The van der Waals surface area contributed by atoms with Crippen molar-refractivity contribution in [1.29, 1.82) is 0 Å². The first-order chi connectivity index (χ1) is 12.3. The van der Waals surface area contributed by atoms with Gasteiger partial charge in [-0.25, -0.2) is 9.59 Å². The molecule has 0 aromatic heterocycles. The molecule has 1 aliphatic heterocycles.